The number of hydrogen-bond acceptors (Lipinski definition) is 0. The van der Waals surface area contributed by atoms with E-state index in [-0.39, 0.29) is 0 Å². The van der Waals surface area contributed by atoms with Gasteiger partial charge in [0.2, 0.25) is 0 Å². The maximum Gasteiger partial charge on any atom is -0.144 e. The van der Waals surface area contributed by atoms with E-state index in [0.717, 1.165) is 5.29 Å². The quantitative estimate of drug-likeness (QED) is 0.261. The summed E-state index contributed by atoms with van der Waals surface area (Å²) in [5, 5.41) is 0.778. The van der Waals surface area contributed by atoms with E-state index in [1.54, 1.807) is 0 Å². The molecule has 0 aliphatic rings. The molecule has 6 radical (unpaired) electrons. The Balaban J connectivity index is 2.32. The molecular weight excluding hydrogens is 82.2 g/mol. The third-order valence-corrected chi connectivity index (χ3v) is 0. The Kier molecular flexibility index (Phi) is 1.85. The van der Waals surface area contributed by atoms with Crippen LogP contribution in [-0.2, 0) is 0 Å². The summed E-state index contributed by atoms with van der Waals surface area (Å²) in [6, 6.07) is 0. The van der Waals surface area contributed by atoms with Crippen LogP contribution in [0.1, 0.15) is 0 Å². The van der Waals surface area contributed by atoms with Gasteiger partial charge < -0.3 is 5.73 Å². The van der Waals surface area contributed by atoms with E-state index in [0.29, 0.717) is 0 Å². The molecule has 20 valence electrons. The van der Waals surface area contributed by atoms with Gasteiger partial charge in [-0.3, -0.25) is 0 Å². The van der Waals surface area contributed by atoms with Crippen molar-refractivity contribution in [1.82, 2.24) is 0 Å². The van der Waals surface area contributed by atoms with Crippen LogP contribution in [0.5, 0.6) is 0 Å². The third kappa shape index (κ3) is 30.0. The molecule has 0 heterocycles. The summed E-state index contributed by atoms with van der Waals surface area (Å²) in [4.78, 5) is 0. The van der Waals surface area contributed by atoms with Gasteiger partial charge in [0.1, 0.15) is 0 Å². The van der Waals surface area contributed by atoms with Gasteiger partial charge in [0.25, 0.3) is 0 Å². The summed E-state index contributed by atoms with van der Waals surface area (Å²) in [5.41, 5.74) is 3.38. The molecule has 0 saturated carbocycles. The Hall–Kier alpha value is 0.394. The Morgan fingerprint density at radius 3 is 1.50 bits per heavy atom. The zero-order chi connectivity index (χ0) is 3.58. The first-order valence-electron chi connectivity index (χ1n) is 0.854. The molecule has 3 N–H and O–H groups in total. The first kappa shape index (κ1) is 4.39. The number of hydrogen-bond donors (Lipinski definition) is 1. The van der Waals surface area contributed by atoms with Gasteiger partial charge in [-0.2, -0.15) is 5.29 Å². The lowest BCUT2D eigenvalue weighted by molar-refractivity contribution is -0.310. The second-order valence-electron chi connectivity index (χ2n) is 0.479. The average Bonchev–Trinajstić information content (AvgIpc) is 0.811. The first-order valence-corrected chi connectivity index (χ1v) is 1.85. The summed E-state index contributed by atoms with van der Waals surface area (Å²) in [6.45, 7) is 0. The minimum Gasteiger partial charge on any atom is -0.490 e. The topological polar surface area (TPSA) is 27.6 Å². The molecule has 3 heteroatoms. The van der Waals surface area contributed by atoms with Crippen molar-refractivity contribution in [2.75, 3.05) is 0 Å². The molecule has 0 bridgehead atoms. The molecule has 0 rings (SSSR count). The molecule has 0 spiro atoms. The lowest BCUT2D eigenvalue weighted by Gasteiger charge is -1.95. The summed E-state index contributed by atoms with van der Waals surface area (Å²) in [7, 11) is 6.06. The van der Waals surface area contributed by atoms with Crippen LogP contribution in [-0.4, -0.2) is 20.5 Å². The molecule has 0 aliphatic heterocycles. The van der Waals surface area contributed by atoms with E-state index in [1.165, 1.54) is 0 Å². The molecule has 1 nitrogen and oxygen atoms in total. The smallest absolute Gasteiger partial charge is 0.144 e. The van der Waals surface area contributed by atoms with Crippen LogP contribution in [0.4, 0.5) is 0 Å². The van der Waals surface area contributed by atoms with Crippen molar-refractivity contribution < 1.29 is 5.73 Å². The highest BCUT2D eigenvalue weighted by Gasteiger charge is 1.53. The molecule has 0 unspecified atom stereocenters. The Morgan fingerprint density at radius 1 is 1.50 bits per heavy atom. The highest BCUT2D eigenvalue weighted by atomic mass is 28.2. The minimum absolute atomic E-state index is 0.778. The van der Waals surface area contributed by atoms with Crippen molar-refractivity contribution in [2.45, 2.75) is 0 Å². The molecule has 0 aromatic heterocycles. The molecule has 4 heavy (non-hydrogen) atoms. The van der Waals surface area contributed by atoms with Crippen LogP contribution in [0.25, 0.3) is 0 Å². The summed E-state index contributed by atoms with van der Waals surface area (Å²) >= 11 is 0. The maximum absolute atomic E-state index is 3.38. The van der Waals surface area contributed by atoms with E-state index >= 15 is 0 Å². The number of rotatable bonds is 0. The van der Waals surface area contributed by atoms with E-state index in [2.05, 4.69) is 26.2 Å². The van der Waals surface area contributed by atoms with Crippen LogP contribution in [0.2, 0.25) is 0 Å². The Morgan fingerprint density at radius 2 is 1.50 bits per heavy atom. The van der Waals surface area contributed by atoms with Gasteiger partial charge in [-0.15, -0.1) is 20.5 Å². The summed E-state index contributed by atoms with van der Waals surface area (Å²) < 4.78 is 0. The van der Waals surface area contributed by atoms with Crippen molar-refractivity contribution in [3.63, 3.8) is 0 Å². The average molecular weight is 85.2 g/mol. The third-order valence-electron chi connectivity index (χ3n) is 0. The normalized spacial score (nSPS) is 9.00. The molecule has 0 fully saturated rings. The van der Waals surface area contributed by atoms with Crippen LogP contribution in [0, 0.1) is 5.29 Å². The van der Waals surface area contributed by atoms with Crippen molar-refractivity contribution >= 4 is 20.5 Å². The zero-order valence-corrected chi connectivity index (χ0v) is 4.21. The standard InChI is InChI=1S/CH3NSi2/c2-1(3)4/h2H3. The van der Waals surface area contributed by atoms with Gasteiger partial charge in [-0.1, -0.05) is 0 Å². The summed E-state index contributed by atoms with van der Waals surface area (Å²) in [6.07, 6.45) is 0. The molecular formula is CH3NSi2. The van der Waals surface area contributed by atoms with E-state index in [4.69, 9.17) is 0 Å². The van der Waals surface area contributed by atoms with Crippen LogP contribution in [0.3, 0.4) is 0 Å². The SMILES string of the molecule is [NH3+][C-]([Si])[Si]. The van der Waals surface area contributed by atoms with Crippen molar-refractivity contribution in [2.24, 2.45) is 0 Å². The first-order chi connectivity index (χ1) is 1.73. The molecule has 0 atom stereocenters. The molecule has 0 aromatic rings. The fraction of sp³-hybridized carbons (Fsp3) is 0. The molecule has 0 saturated heterocycles. The van der Waals surface area contributed by atoms with Gasteiger partial charge in [-0.05, 0) is 0 Å². The highest BCUT2D eigenvalue weighted by molar-refractivity contribution is 6.42. The van der Waals surface area contributed by atoms with Crippen LogP contribution in [0.15, 0.2) is 0 Å². The highest BCUT2D eigenvalue weighted by Crippen LogP contribution is 1.46. The minimum atomic E-state index is 0.778. The van der Waals surface area contributed by atoms with E-state index < -0.39 is 0 Å². The van der Waals surface area contributed by atoms with Gasteiger partial charge in [0.15, 0.2) is 0 Å². The maximum atomic E-state index is 3.38. The van der Waals surface area contributed by atoms with Gasteiger partial charge >= 0.3 is 0 Å². The van der Waals surface area contributed by atoms with Crippen LogP contribution >= 0.6 is 0 Å². The Bertz CT molecular complexity index is 10.8. The monoisotopic (exact) mass is 85.0 g/mol. The largest absolute Gasteiger partial charge is 0.490 e. The fourth-order valence-electron chi connectivity index (χ4n) is 0. The molecule has 0 aromatic carbocycles. The second-order valence-corrected chi connectivity index (χ2v) is 2.19. The van der Waals surface area contributed by atoms with Crippen molar-refractivity contribution in [3.05, 3.63) is 5.29 Å². The predicted molar refractivity (Wildman–Crippen MR) is 17.6 cm³/mol. The fourth-order valence-corrected chi connectivity index (χ4v) is 0. The van der Waals surface area contributed by atoms with Crippen molar-refractivity contribution in [3.8, 4) is 0 Å². The van der Waals surface area contributed by atoms with Crippen LogP contribution < -0.4 is 5.73 Å². The second kappa shape index (κ2) is 1.69. The van der Waals surface area contributed by atoms with Gasteiger partial charge in [-0.25, -0.2) is 0 Å². The lowest BCUT2D eigenvalue weighted by Crippen LogP contribution is -2.54. The van der Waals surface area contributed by atoms with E-state index in [9.17, 15) is 0 Å². The van der Waals surface area contributed by atoms with Gasteiger partial charge in [0.05, 0.1) is 0 Å². The van der Waals surface area contributed by atoms with Crippen molar-refractivity contribution in [1.29, 1.82) is 0 Å². The van der Waals surface area contributed by atoms with Gasteiger partial charge in [0, 0.05) is 0 Å². The Labute approximate surface area is 32.4 Å². The lowest BCUT2D eigenvalue weighted by atomic mass is 11.5. The number of quaternary nitrogens is 1. The zero-order valence-electron chi connectivity index (χ0n) is 2.21. The summed E-state index contributed by atoms with van der Waals surface area (Å²) in [5.74, 6) is 0. The molecule has 0 aliphatic carbocycles. The molecule has 0 amide bonds. The van der Waals surface area contributed by atoms with E-state index in [1.807, 2.05) is 0 Å². The predicted octanol–water partition coefficient (Wildman–Crippen LogP) is -1.99.